The second kappa shape index (κ2) is 2.82. The van der Waals surface area contributed by atoms with Crippen LogP contribution in [0.15, 0.2) is 0 Å². The number of amides is 1. The fourth-order valence-corrected chi connectivity index (χ4v) is 0.430. The van der Waals surface area contributed by atoms with Gasteiger partial charge < -0.3 is 10.4 Å². The minimum atomic E-state index is -1.20. The van der Waals surface area contributed by atoms with E-state index >= 15 is 0 Å². The monoisotopic (exact) mass is 131 g/mol. The largest absolute Gasteiger partial charge is 0.380 e. The average molecular weight is 131 g/mol. The molecule has 0 aliphatic rings. The lowest BCUT2D eigenvalue weighted by molar-refractivity contribution is -0.137. The van der Waals surface area contributed by atoms with Crippen molar-refractivity contribution in [1.29, 1.82) is 0 Å². The maximum atomic E-state index is 10.7. The summed E-state index contributed by atoms with van der Waals surface area (Å²) in [5, 5.41) is 11.5. The number of aliphatic hydroxyl groups is 1. The van der Waals surface area contributed by atoms with E-state index in [-0.39, 0.29) is 5.91 Å². The summed E-state index contributed by atoms with van der Waals surface area (Å²) in [7, 11) is 1.51. The molecule has 0 rings (SSSR count). The number of nitrogens with one attached hydrogen (secondary N) is 1. The van der Waals surface area contributed by atoms with Gasteiger partial charge in [0.05, 0.1) is 0 Å². The molecule has 1 amide bonds. The van der Waals surface area contributed by atoms with Crippen LogP contribution in [0, 0.1) is 0 Å². The van der Waals surface area contributed by atoms with Gasteiger partial charge in [0, 0.05) is 7.05 Å². The maximum absolute atomic E-state index is 10.7. The number of carbonyl (C=O) groups excluding carboxylic acids is 1. The summed E-state index contributed by atoms with van der Waals surface area (Å²) in [6, 6.07) is 0. The summed E-state index contributed by atoms with van der Waals surface area (Å²) in [5.74, 6) is -0.329. The standard InChI is InChI=1S/C6H13NO2/c1-4-6(2,9)5(8)7-3/h9H,4H2,1-3H3,(H,7,8)/t6-/m0/s1. The Morgan fingerprint density at radius 1 is 1.78 bits per heavy atom. The number of likely N-dealkylation sites (N-methyl/N-ethyl adjacent to an activating group) is 1. The lowest BCUT2D eigenvalue weighted by atomic mass is 10.0. The molecule has 3 heteroatoms. The minimum absolute atomic E-state index is 0.329. The van der Waals surface area contributed by atoms with Gasteiger partial charge in [0.2, 0.25) is 0 Å². The molecule has 0 aromatic rings. The van der Waals surface area contributed by atoms with Crippen LogP contribution >= 0.6 is 0 Å². The zero-order valence-corrected chi connectivity index (χ0v) is 6.06. The summed E-state index contributed by atoms with van der Waals surface area (Å²) in [5.41, 5.74) is -1.20. The van der Waals surface area contributed by atoms with Crippen LogP contribution in [0.2, 0.25) is 0 Å². The number of hydrogen-bond acceptors (Lipinski definition) is 2. The first kappa shape index (κ1) is 8.43. The highest BCUT2D eigenvalue weighted by atomic mass is 16.3. The molecule has 0 saturated heterocycles. The van der Waals surface area contributed by atoms with Gasteiger partial charge in [-0.25, -0.2) is 0 Å². The molecule has 1 atom stereocenters. The van der Waals surface area contributed by atoms with E-state index in [0.29, 0.717) is 6.42 Å². The molecular weight excluding hydrogens is 118 g/mol. The molecule has 0 saturated carbocycles. The van der Waals surface area contributed by atoms with Crippen LogP contribution in [0.3, 0.4) is 0 Å². The van der Waals surface area contributed by atoms with E-state index in [1.165, 1.54) is 14.0 Å². The summed E-state index contributed by atoms with van der Waals surface area (Å²) < 4.78 is 0. The third-order valence-corrected chi connectivity index (χ3v) is 1.40. The summed E-state index contributed by atoms with van der Waals surface area (Å²) in [6.07, 6.45) is 0.437. The van der Waals surface area contributed by atoms with Crippen molar-refractivity contribution < 1.29 is 9.90 Å². The molecule has 2 N–H and O–H groups in total. The fraction of sp³-hybridized carbons (Fsp3) is 0.833. The Bertz CT molecular complexity index is 110. The Morgan fingerprint density at radius 2 is 2.22 bits per heavy atom. The van der Waals surface area contributed by atoms with E-state index in [1.54, 1.807) is 6.92 Å². The molecule has 0 fully saturated rings. The maximum Gasteiger partial charge on any atom is 0.251 e. The van der Waals surface area contributed by atoms with Crippen LogP contribution in [0.1, 0.15) is 20.3 Å². The molecular formula is C6H13NO2. The molecule has 0 aromatic carbocycles. The first-order valence-corrected chi connectivity index (χ1v) is 2.99. The van der Waals surface area contributed by atoms with Crippen LogP contribution in [-0.4, -0.2) is 23.7 Å². The van der Waals surface area contributed by atoms with Gasteiger partial charge in [0.25, 0.3) is 5.91 Å². The second-order valence-corrected chi connectivity index (χ2v) is 2.21. The van der Waals surface area contributed by atoms with Crippen LogP contribution in [0.25, 0.3) is 0 Å². The average Bonchev–Trinajstić information content (AvgIpc) is 1.86. The summed E-state index contributed by atoms with van der Waals surface area (Å²) >= 11 is 0. The number of hydrogen-bond donors (Lipinski definition) is 2. The molecule has 0 aromatic heterocycles. The Morgan fingerprint density at radius 3 is 2.33 bits per heavy atom. The molecule has 54 valence electrons. The normalized spacial score (nSPS) is 16.4. The van der Waals surface area contributed by atoms with E-state index < -0.39 is 5.60 Å². The molecule has 0 spiro atoms. The van der Waals surface area contributed by atoms with Crippen molar-refractivity contribution in [2.75, 3.05) is 7.05 Å². The van der Waals surface area contributed by atoms with Crippen LogP contribution in [0.4, 0.5) is 0 Å². The predicted octanol–water partition coefficient (Wildman–Crippen LogP) is -0.107. The van der Waals surface area contributed by atoms with Gasteiger partial charge in [-0.15, -0.1) is 0 Å². The van der Waals surface area contributed by atoms with E-state index in [0.717, 1.165) is 0 Å². The topological polar surface area (TPSA) is 49.3 Å². The second-order valence-electron chi connectivity index (χ2n) is 2.21. The SMILES string of the molecule is CC[C@](C)(O)C(=O)NC. The van der Waals surface area contributed by atoms with Gasteiger partial charge in [0.15, 0.2) is 0 Å². The van der Waals surface area contributed by atoms with Crippen molar-refractivity contribution in [2.24, 2.45) is 0 Å². The Kier molecular flexibility index (Phi) is 2.65. The van der Waals surface area contributed by atoms with Crippen LogP contribution < -0.4 is 5.32 Å². The Hall–Kier alpha value is -0.570. The van der Waals surface area contributed by atoms with Gasteiger partial charge in [-0.2, -0.15) is 0 Å². The van der Waals surface area contributed by atoms with E-state index in [2.05, 4.69) is 5.32 Å². The van der Waals surface area contributed by atoms with Crippen molar-refractivity contribution in [3.63, 3.8) is 0 Å². The third kappa shape index (κ3) is 2.01. The van der Waals surface area contributed by atoms with Crippen molar-refractivity contribution in [1.82, 2.24) is 5.32 Å². The van der Waals surface area contributed by atoms with Crippen molar-refractivity contribution in [3.8, 4) is 0 Å². The molecule has 9 heavy (non-hydrogen) atoms. The van der Waals surface area contributed by atoms with Crippen molar-refractivity contribution in [2.45, 2.75) is 25.9 Å². The van der Waals surface area contributed by atoms with Crippen LogP contribution in [-0.2, 0) is 4.79 Å². The fourth-order valence-electron chi connectivity index (χ4n) is 0.430. The minimum Gasteiger partial charge on any atom is -0.380 e. The first-order chi connectivity index (χ1) is 4.04. The van der Waals surface area contributed by atoms with Crippen molar-refractivity contribution >= 4 is 5.91 Å². The zero-order chi connectivity index (χ0) is 7.49. The van der Waals surface area contributed by atoms with Crippen LogP contribution in [0.5, 0.6) is 0 Å². The summed E-state index contributed by atoms with van der Waals surface area (Å²) in [6.45, 7) is 3.25. The van der Waals surface area contributed by atoms with Crippen molar-refractivity contribution in [3.05, 3.63) is 0 Å². The molecule has 3 nitrogen and oxygen atoms in total. The number of carbonyl (C=O) groups is 1. The van der Waals surface area contributed by atoms with Gasteiger partial charge in [0.1, 0.15) is 5.60 Å². The first-order valence-electron chi connectivity index (χ1n) is 2.99. The third-order valence-electron chi connectivity index (χ3n) is 1.40. The zero-order valence-electron chi connectivity index (χ0n) is 6.06. The Labute approximate surface area is 55.1 Å². The highest BCUT2D eigenvalue weighted by Crippen LogP contribution is 2.06. The van der Waals surface area contributed by atoms with Gasteiger partial charge >= 0.3 is 0 Å². The predicted molar refractivity (Wildman–Crippen MR) is 35.0 cm³/mol. The molecule has 0 heterocycles. The molecule has 0 aliphatic heterocycles. The Balaban J connectivity index is 3.97. The molecule has 0 bridgehead atoms. The van der Waals surface area contributed by atoms with Gasteiger partial charge in [-0.05, 0) is 13.3 Å². The number of rotatable bonds is 2. The molecule has 0 aliphatic carbocycles. The molecule has 0 radical (unpaired) electrons. The quantitative estimate of drug-likeness (QED) is 0.549. The lowest BCUT2D eigenvalue weighted by Gasteiger charge is -2.17. The lowest BCUT2D eigenvalue weighted by Crippen LogP contribution is -2.42. The summed E-state index contributed by atoms with van der Waals surface area (Å²) in [4.78, 5) is 10.7. The highest BCUT2D eigenvalue weighted by molar-refractivity contribution is 5.83. The van der Waals surface area contributed by atoms with Gasteiger partial charge in [-0.3, -0.25) is 4.79 Å². The highest BCUT2D eigenvalue weighted by Gasteiger charge is 2.25. The van der Waals surface area contributed by atoms with E-state index in [4.69, 9.17) is 0 Å². The smallest absolute Gasteiger partial charge is 0.251 e. The van der Waals surface area contributed by atoms with E-state index in [1.807, 2.05) is 0 Å². The van der Waals surface area contributed by atoms with Gasteiger partial charge in [-0.1, -0.05) is 6.92 Å². The van der Waals surface area contributed by atoms with E-state index in [9.17, 15) is 9.90 Å². The molecule has 0 unspecified atom stereocenters.